The highest BCUT2D eigenvalue weighted by Crippen LogP contribution is 2.34. The molecule has 2 bridgehead atoms. The summed E-state index contributed by atoms with van der Waals surface area (Å²) in [5, 5.41) is 0. The van der Waals surface area contributed by atoms with Gasteiger partial charge in [0.05, 0.1) is 0 Å². The van der Waals surface area contributed by atoms with Crippen LogP contribution in [0.2, 0.25) is 0 Å². The third-order valence-corrected chi connectivity index (χ3v) is 5.75. The van der Waals surface area contributed by atoms with Crippen LogP contribution in [-0.2, 0) is 6.54 Å². The van der Waals surface area contributed by atoms with Gasteiger partial charge in [-0.25, -0.2) is 9.78 Å². The fourth-order valence-electron chi connectivity index (χ4n) is 4.36. The van der Waals surface area contributed by atoms with Crippen LogP contribution in [-0.4, -0.2) is 52.6 Å². The van der Waals surface area contributed by atoms with Gasteiger partial charge in [-0.1, -0.05) is 24.3 Å². The standard InChI is InChI=1S/C20H22N4O3/c21-20(25)24-11-15-8-16(24)10-23(15)9-13-3-5-14(6-4-13)18-12-26-17-2-1-7-22-19(17)27-18/h1-7,15-16,18H,8-12H2,(H2,21,25)/t15-,16-,18+/m0/s1. The van der Waals surface area contributed by atoms with Gasteiger partial charge in [0.1, 0.15) is 6.61 Å². The van der Waals surface area contributed by atoms with Crippen LogP contribution in [0.3, 0.4) is 0 Å². The number of nitrogens with two attached hydrogens (primary N) is 1. The first-order valence-electron chi connectivity index (χ1n) is 9.31. The topological polar surface area (TPSA) is 80.9 Å². The highest BCUT2D eigenvalue weighted by Gasteiger charge is 2.44. The van der Waals surface area contributed by atoms with Crippen molar-refractivity contribution in [2.75, 3.05) is 19.7 Å². The number of fused-ring (bicyclic) bond motifs is 3. The smallest absolute Gasteiger partial charge is 0.315 e. The molecule has 3 aliphatic rings. The predicted octanol–water partition coefficient (Wildman–Crippen LogP) is 1.93. The van der Waals surface area contributed by atoms with Crippen LogP contribution < -0.4 is 15.2 Å². The number of ether oxygens (including phenoxy) is 2. The van der Waals surface area contributed by atoms with Crippen molar-refractivity contribution in [2.45, 2.75) is 31.2 Å². The third-order valence-electron chi connectivity index (χ3n) is 5.75. The summed E-state index contributed by atoms with van der Waals surface area (Å²) in [6.45, 7) is 3.02. The molecular weight excluding hydrogens is 344 g/mol. The van der Waals surface area contributed by atoms with E-state index in [0.717, 1.165) is 31.6 Å². The van der Waals surface area contributed by atoms with E-state index < -0.39 is 0 Å². The normalized spacial score (nSPS) is 26.4. The molecule has 3 atom stereocenters. The molecule has 1 aromatic heterocycles. The average molecular weight is 366 g/mol. The van der Waals surface area contributed by atoms with Crippen molar-refractivity contribution in [2.24, 2.45) is 5.73 Å². The number of nitrogens with zero attached hydrogens (tertiary/aromatic N) is 3. The second kappa shape index (κ2) is 6.42. The molecule has 7 heteroatoms. The number of carbonyl (C=O) groups is 1. The largest absolute Gasteiger partial charge is 0.484 e. The molecule has 2 saturated heterocycles. The number of amides is 2. The lowest BCUT2D eigenvalue weighted by Crippen LogP contribution is -2.50. The van der Waals surface area contributed by atoms with Gasteiger partial charge in [-0.2, -0.15) is 0 Å². The third kappa shape index (κ3) is 2.98. The van der Waals surface area contributed by atoms with Crippen molar-refractivity contribution in [1.82, 2.24) is 14.8 Å². The summed E-state index contributed by atoms with van der Waals surface area (Å²) in [6, 6.07) is 12.6. The van der Waals surface area contributed by atoms with Gasteiger partial charge in [0, 0.05) is 37.9 Å². The number of urea groups is 1. The second-order valence-corrected chi connectivity index (χ2v) is 7.43. The number of carbonyl (C=O) groups excluding carboxylic acids is 1. The minimum absolute atomic E-state index is 0.145. The van der Waals surface area contributed by atoms with Crippen LogP contribution in [0.25, 0.3) is 0 Å². The van der Waals surface area contributed by atoms with Crippen LogP contribution in [0.1, 0.15) is 23.7 Å². The Hall–Kier alpha value is -2.80. The average Bonchev–Trinajstić information content (AvgIpc) is 3.29. The Labute approximate surface area is 157 Å². The first-order chi connectivity index (χ1) is 13.2. The van der Waals surface area contributed by atoms with E-state index in [9.17, 15) is 4.79 Å². The maximum Gasteiger partial charge on any atom is 0.315 e. The fourth-order valence-corrected chi connectivity index (χ4v) is 4.36. The molecule has 5 rings (SSSR count). The molecule has 0 unspecified atom stereocenters. The highest BCUT2D eigenvalue weighted by atomic mass is 16.6. The quantitative estimate of drug-likeness (QED) is 0.898. The molecule has 3 aliphatic heterocycles. The summed E-state index contributed by atoms with van der Waals surface area (Å²) >= 11 is 0. The van der Waals surface area contributed by atoms with Gasteiger partial charge in [-0.05, 0) is 29.7 Å². The summed E-state index contributed by atoms with van der Waals surface area (Å²) < 4.78 is 11.7. The van der Waals surface area contributed by atoms with Gasteiger partial charge >= 0.3 is 6.03 Å². The number of aromatic nitrogens is 1. The zero-order chi connectivity index (χ0) is 18.4. The number of hydrogen-bond donors (Lipinski definition) is 1. The lowest BCUT2D eigenvalue weighted by atomic mass is 10.1. The molecule has 0 radical (unpaired) electrons. The van der Waals surface area contributed by atoms with Crippen molar-refractivity contribution < 1.29 is 14.3 Å². The molecule has 0 aliphatic carbocycles. The number of primary amides is 1. The number of piperazine rings is 1. The number of pyridine rings is 1. The fraction of sp³-hybridized carbons (Fsp3) is 0.400. The Bertz CT molecular complexity index is 857. The SMILES string of the molecule is NC(=O)N1C[C@@H]2C[C@H]1CN2Cc1ccc([C@H]2COc3cccnc3O2)cc1. The van der Waals surface area contributed by atoms with E-state index in [1.54, 1.807) is 11.1 Å². The Balaban J connectivity index is 1.23. The first-order valence-corrected chi connectivity index (χ1v) is 9.31. The molecule has 0 saturated carbocycles. The number of rotatable bonds is 3. The molecule has 2 aromatic rings. The van der Waals surface area contributed by atoms with Crippen molar-refractivity contribution >= 4 is 6.03 Å². The van der Waals surface area contributed by atoms with E-state index in [1.165, 1.54) is 5.56 Å². The molecule has 140 valence electrons. The van der Waals surface area contributed by atoms with E-state index in [1.807, 2.05) is 12.1 Å². The van der Waals surface area contributed by atoms with Crippen molar-refractivity contribution in [1.29, 1.82) is 0 Å². The van der Waals surface area contributed by atoms with Gasteiger partial charge in [0.2, 0.25) is 0 Å². The van der Waals surface area contributed by atoms with E-state index >= 15 is 0 Å². The van der Waals surface area contributed by atoms with Crippen LogP contribution >= 0.6 is 0 Å². The van der Waals surface area contributed by atoms with Gasteiger partial charge < -0.3 is 20.1 Å². The first kappa shape index (κ1) is 16.4. The van der Waals surface area contributed by atoms with Crippen LogP contribution in [0, 0.1) is 0 Å². The van der Waals surface area contributed by atoms with Crippen molar-refractivity contribution in [3.63, 3.8) is 0 Å². The van der Waals surface area contributed by atoms with Crippen LogP contribution in [0.5, 0.6) is 11.6 Å². The lowest BCUT2D eigenvalue weighted by molar-refractivity contribution is 0.0850. The maximum absolute atomic E-state index is 11.4. The summed E-state index contributed by atoms with van der Waals surface area (Å²) in [6.07, 6.45) is 2.59. The van der Waals surface area contributed by atoms with Gasteiger partial charge in [-0.3, -0.25) is 4.90 Å². The summed E-state index contributed by atoms with van der Waals surface area (Å²) in [4.78, 5) is 19.9. The van der Waals surface area contributed by atoms with Crippen molar-refractivity contribution in [3.05, 3.63) is 53.7 Å². The Kier molecular flexibility index (Phi) is 3.89. The number of hydrogen-bond acceptors (Lipinski definition) is 5. The molecule has 2 N–H and O–H groups in total. The summed E-state index contributed by atoms with van der Waals surface area (Å²) in [5.74, 6) is 1.24. The second-order valence-electron chi connectivity index (χ2n) is 7.43. The zero-order valence-electron chi connectivity index (χ0n) is 15.0. The van der Waals surface area contributed by atoms with Crippen molar-refractivity contribution in [3.8, 4) is 11.6 Å². The molecule has 1 aromatic carbocycles. The summed E-state index contributed by atoms with van der Waals surface area (Å²) in [5.41, 5.74) is 7.78. The predicted molar refractivity (Wildman–Crippen MR) is 98.4 cm³/mol. The van der Waals surface area contributed by atoms with E-state index in [-0.39, 0.29) is 18.2 Å². The molecule has 0 spiro atoms. The van der Waals surface area contributed by atoms with E-state index in [4.69, 9.17) is 15.2 Å². The number of likely N-dealkylation sites (tertiary alicyclic amines) is 2. The van der Waals surface area contributed by atoms with Crippen LogP contribution in [0.4, 0.5) is 4.79 Å². The van der Waals surface area contributed by atoms with E-state index in [2.05, 4.69) is 34.1 Å². The molecule has 2 fully saturated rings. The van der Waals surface area contributed by atoms with Gasteiger partial charge in [-0.15, -0.1) is 0 Å². The molecule has 4 heterocycles. The highest BCUT2D eigenvalue weighted by molar-refractivity contribution is 5.73. The molecule has 2 amide bonds. The van der Waals surface area contributed by atoms with Crippen LogP contribution in [0.15, 0.2) is 42.6 Å². The minimum atomic E-state index is -0.294. The molecule has 7 nitrogen and oxygen atoms in total. The van der Waals surface area contributed by atoms with E-state index in [0.29, 0.717) is 24.3 Å². The Morgan fingerprint density at radius 2 is 2.04 bits per heavy atom. The maximum atomic E-state index is 11.4. The Morgan fingerprint density at radius 3 is 2.78 bits per heavy atom. The minimum Gasteiger partial charge on any atom is -0.484 e. The lowest BCUT2D eigenvalue weighted by Gasteiger charge is -2.33. The van der Waals surface area contributed by atoms with Gasteiger partial charge in [0.25, 0.3) is 5.88 Å². The Morgan fingerprint density at radius 1 is 1.19 bits per heavy atom. The summed E-state index contributed by atoms with van der Waals surface area (Å²) in [7, 11) is 0. The number of benzene rings is 1. The molecule has 27 heavy (non-hydrogen) atoms. The monoisotopic (exact) mass is 366 g/mol. The molecular formula is C20H22N4O3. The van der Waals surface area contributed by atoms with Gasteiger partial charge in [0.15, 0.2) is 11.9 Å². The zero-order valence-corrected chi connectivity index (χ0v) is 15.0.